The van der Waals surface area contributed by atoms with Gasteiger partial charge in [-0.25, -0.2) is 8.42 Å². The molecule has 1 aromatic carbocycles. The number of nitrogens with one attached hydrogen (secondary N) is 1. The molecule has 8 heteroatoms. The summed E-state index contributed by atoms with van der Waals surface area (Å²) >= 11 is 0. The number of sulfonamides is 1. The zero-order chi connectivity index (χ0) is 22.3. The lowest BCUT2D eigenvalue weighted by Gasteiger charge is -2.29. The highest BCUT2D eigenvalue weighted by molar-refractivity contribution is 7.89. The number of piperazine rings is 1. The minimum atomic E-state index is -3.70. The van der Waals surface area contributed by atoms with E-state index in [2.05, 4.69) is 5.32 Å². The van der Waals surface area contributed by atoms with Crippen LogP contribution in [0, 0.1) is 20.8 Å². The lowest BCUT2D eigenvalue weighted by Crippen LogP contribution is -2.47. The Morgan fingerprint density at radius 2 is 1.73 bits per heavy atom. The summed E-state index contributed by atoms with van der Waals surface area (Å²) in [6, 6.07) is 3.66. The van der Waals surface area contributed by atoms with E-state index in [0.717, 1.165) is 29.8 Å². The fourth-order valence-corrected chi connectivity index (χ4v) is 5.33. The van der Waals surface area contributed by atoms with Crippen LogP contribution in [0.1, 0.15) is 43.4 Å². The van der Waals surface area contributed by atoms with Crippen molar-refractivity contribution >= 4 is 15.9 Å². The van der Waals surface area contributed by atoms with E-state index in [1.165, 1.54) is 4.31 Å². The summed E-state index contributed by atoms with van der Waals surface area (Å²) < 4.78 is 34.0. The number of nitrogens with zero attached hydrogens (tertiary/aromatic N) is 2. The molecule has 1 aliphatic heterocycles. The van der Waals surface area contributed by atoms with E-state index in [-0.39, 0.29) is 25.0 Å². The van der Waals surface area contributed by atoms with Crippen LogP contribution in [0.25, 0.3) is 0 Å². The normalized spacial score (nSPS) is 15.2. The quantitative estimate of drug-likeness (QED) is 0.566. The Bertz CT molecular complexity index is 818. The fraction of sp³-hybridized carbons (Fsp3) is 0.682. The molecule has 7 nitrogen and oxygen atoms in total. The van der Waals surface area contributed by atoms with Crippen LogP contribution in [0.4, 0.5) is 0 Å². The number of hydrogen-bond donors (Lipinski definition) is 1. The molecule has 1 fully saturated rings. The summed E-state index contributed by atoms with van der Waals surface area (Å²) in [5.74, 6) is 0.00643. The molecule has 0 aliphatic carbocycles. The highest BCUT2D eigenvalue weighted by atomic mass is 32.2. The molecule has 2 rings (SSSR count). The Labute approximate surface area is 181 Å². The van der Waals surface area contributed by atoms with E-state index in [4.69, 9.17) is 4.74 Å². The summed E-state index contributed by atoms with van der Waals surface area (Å²) in [6.07, 6.45) is 0.878. The minimum absolute atomic E-state index is 0.00643. The van der Waals surface area contributed by atoms with Crippen LogP contribution in [0.5, 0.6) is 0 Å². The standard InChI is InChI=1S/C22H37N3O4S/c1-17(2)29-14-6-10-25(11-7-22(26)24-12-8-23-9-13-24)30(27,28)21-16-19(4)18(3)15-20(21)5/h15-17,23H,6-14H2,1-5H3. The van der Waals surface area contributed by atoms with Crippen molar-refractivity contribution in [3.63, 3.8) is 0 Å². The van der Waals surface area contributed by atoms with Gasteiger partial charge in [0.15, 0.2) is 0 Å². The molecule has 0 atom stereocenters. The van der Waals surface area contributed by atoms with Crippen LogP contribution in [0.2, 0.25) is 0 Å². The van der Waals surface area contributed by atoms with Crippen LogP contribution in [0.3, 0.4) is 0 Å². The molecule has 1 saturated heterocycles. The van der Waals surface area contributed by atoms with Gasteiger partial charge in [0.25, 0.3) is 0 Å². The van der Waals surface area contributed by atoms with Crippen molar-refractivity contribution < 1.29 is 17.9 Å². The zero-order valence-electron chi connectivity index (χ0n) is 19.0. The summed E-state index contributed by atoms with van der Waals surface area (Å²) in [4.78, 5) is 14.7. The molecule has 0 saturated carbocycles. The van der Waals surface area contributed by atoms with Crippen LogP contribution in [-0.2, 0) is 19.6 Å². The molecule has 0 radical (unpaired) electrons. The monoisotopic (exact) mass is 439 g/mol. The van der Waals surface area contributed by atoms with Gasteiger partial charge in [0, 0.05) is 52.3 Å². The van der Waals surface area contributed by atoms with E-state index in [1.54, 1.807) is 6.07 Å². The second-order valence-corrected chi connectivity index (χ2v) is 10.2. The first kappa shape index (κ1) is 24.8. The van der Waals surface area contributed by atoms with Gasteiger partial charge in [-0.2, -0.15) is 4.31 Å². The third-order valence-electron chi connectivity index (χ3n) is 5.46. The maximum absolute atomic E-state index is 13.5. The number of carbonyl (C=O) groups is 1. The molecule has 1 aliphatic rings. The van der Waals surface area contributed by atoms with Crippen LogP contribution in [-0.4, -0.2) is 75.5 Å². The smallest absolute Gasteiger partial charge is 0.243 e. The van der Waals surface area contributed by atoms with Gasteiger partial charge in [0.05, 0.1) is 11.0 Å². The van der Waals surface area contributed by atoms with Crippen LogP contribution in [0.15, 0.2) is 17.0 Å². The van der Waals surface area contributed by atoms with Gasteiger partial charge in [0.2, 0.25) is 15.9 Å². The summed E-state index contributed by atoms with van der Waals surface area (Å²) in [5.41, 5.74) is 2.74. The van der Waals surface area contributed by atoms with E-state index in [1.807, 2.05) is 45.6 Å². The lowest BCUT2D eigenvalue weighted by atomic mass is 10.1. The second-order valence-electron chi connectivity index (χ2n) is 8.26. The lowest BCUT2D eigenvalue weighted by molar-refractivity contribution is -0.131. The first-order chi connectivity index (χ1) is 14.1. The van der Waals surface area contributed by atoms with Gasteiger partial charge in [-0.1, -0.05) is 6.07 Å². The number of carbonyl (C=O) groups excluding carboxylic acids is 1. The molecule has 30 heavy (non-hydrogen) atoms. The van der Waals surface area contributed by atoms with Crippen molar-refractivity contribution in [2.75, 3.05) is 45.9 Å². The highest BCUT2D eigenvalue weighted by Crippen LogP contribution is 2.24. The van der Waals surface area contributed by atoms with Gasteiger partial charge in [0.1, 0.15) is 0 Å². The third kappa shape index (κ3) is 6.77. The zero-order valence-corrected chi connectivity index (χ0v) is 19.8. The molecule has 1 heterocycles. The molecule has 0 unspecified atom stereocenters. The van der Waals surface area contributed by atoms with Gasteiger partial charge in [-0.15, -0.1) is 0 Å². The van der Waals surface area contributed by atoms with Gasteiger partial charge in [-0.3, -0.25) is 4.79 Å². The van der Waals surface area contributed by atoms with Gasteiger partial charge < -0.3 is 15.0 Å². The molecule has 1 amide bonds. The summed E-state index contributed by atoms with van der Waals surface area (Å²) in [7, 11) is -3.70. The molecule has 0 bridgehead atoms. The molecule has 1 N–H and O–H groups in total. The second kappa shape index (κ2) is 11.2. The van der Waals surface area contributed by atoms with Crippen molar-refractivity contribution in [2.24, 2.45) is 0 Å². The number of benzene rings is 1. The first-order valence-electron chi connectivity index (χ1n) is 10.8. The number of ether oxygens (including phenoxy) is 1. The van der Waals surface area contributed by atoms with Crippen molar-refractivity contribution in [3.8, 4) is 0 Å². The third-order valence-corrected chi connectivity index (χ3v) is 7.50. The minimum Gasteiger partial charge on any atom is -0.379 e. The van der Waals surface area contributed by atoms with Gasteiger partial charge in [-0.05, 0) is 63.8 Å². The Morgan fingerprint density at radius 1 is 1.10 bits per heavy atom. The molecule has 0 aromatic heterocycles. The van der Waals surface area contributed by atoms with Crippen molar-refractivity contribution in [1.29, 1.82) is 0 Å². The summed E-state index contributed by atoms with van der Waals surface area (Å²) in [6.45, 7) is 13.5. The molecule has 0 spiro atoms. The molecular formula is C22H37N3O4S. The van der Waals surface area contributed by atoms with E-state index in [0.29, 0.717) is 37.6 Å². The predicted octanol–water partition coefficient (Wildman–Crippen LogP) is 2.24. The largest absolute Gasteiger partial charge is 0.379 e. The SMILES string of the molecule is Cc1cc(C)c(S(=O)(=O)N(CCCOC(C)C)CCC(=O)N2CCNCC2)cc1C. The molecule has 170 valence electrons. The van der Waals surface area contributed by atoms with Gasteiger partial charge >= 0.3 is 0 Å². The Morgan fingerprint density at radius 3 is 2.37 bits per heavy atom. The average Bonchev–Trinajstić information content (AvgIpc) is 2.70. The van der Waals surface area contributed by atoms with Crippen LogP contribution >= 0.6 is 0 Å². The fourth-order valence-electron chi connectivity index (χ4n) is 3.56. The number of aryl methyl sites for hydroxylation is 3. The van der Waals surface area contributed by atoms with E-state index >= 15 is 0 Å². The maximum Gasteiger partial charge on any atom is 0.243 e. The average molecular weight is 440 g/mol. The number of rotatable bonds is 10. The van der Waals surface area contributed by atoms with Crippen LogP contribution < -0.4 is 5.32 Å². The molecule has 1 aromatic rings. The highest BCUT2D eigenvalue weighted by Gasteiger charge is 2.28. The topological polar surface area (TPSA) is 79.0 Å². The first-order valence-corrected chi connectivity index (χ1v) is 12.2. The Balaban J connectivity index is 2.16. The van der Waals surface area contributed by atoms with Crippen molar-refractivity contribution in [1.82, 2.24) is 14.5 Å². The van der Waals surface area contributed by atoms with Crippen molar-refractivity contribution in [2.45, 2.75) is 58.5 Å². The Kier molecular flexibility index (Phi) is 9.28. The van der Waals surface area contributed by atoms with E-state index in [9.17, 15) is 13.2 Å². The summed E-state index contributed by atoms with van der Waals surface area (Å²) in [5, 5.41) is 3.23. The van der Waals surface area contributed by atoms with Crippen molar-refractivity contribution in [3.05, 3.63) is 28.8 Å². The number of hydrogen-bond acceptors (Lipinski definition) is 5. The van der Waals surface area contributed by atoms with E-state index < -0.39 is 10.0 Å². The number of amides is 1. The molecular weight excluding hydrogens is 402 g/mol. The Hall–Kier alpha value is -1.48. The predicted molar refractivity (Wildman–Crippen MR) is 119 cm³/mol. The maximum atomic E-state index is 13.5.